The molecule has 0 bridgehead atoms. The van der Waals surface area contributed by atoms with Crippen LogP contribution in [0.1, 0.15) is 91.3 Å². The van der Waals surface area contributed by atoms with Gasteiger partial charge in [0.15, 0.2) is 11.6 Å². The van der Waals surface area contributed by atoms with Crippen molar-refractivity contribution in [2.45, 2.75) is 51.6 Å². The number of anilines is 2. The van der Waals surface area contributed by atoms with Crippen LogP contribution in [0.15, 0.2) is 91.4 Å². The highest BCUT2D eigenvalue weighted by Crippen LogP contribution is 2.39. The minimum atomic E-state index is -1.67. The summed E-state index contributed by atoms with van der Waals surface area (Å²) >= 11 is 21.9. The van der Waals surface area contributed by atoms with Gasteiger partial charge >= 0.3 is 17.9 Å². The molecule has 14 nitrogen and oxygen atoms in total. The lowest BCUT2D eigenvalue weighted by molar-refractivity contribution is 0.0586. The monoisotopic (exact) mass is 1060 g/mol. The summed E-state index contributed by atoms with van der Waals surface area (Å²) in [5.41, 5.74) is 0.999. The third-order valence-electron chi connectivity index (χ3n) is 9.59. The van der Waals surface area contributed by atoms with Crippen molar-refractivity contribution in [2.75, 3.05) is 24.4 Å². The number of pyridine rings is 3. The molecule has 2 aliphatic rings. The van der Waals surface area contributed by atoms with E-state index in [0.717, 1.165) is 12.8 Å². The molecule has 23 heteroatoms. The minimum Gasteiger partial charge on any atom is -0.478 e. The first-order valence-electron chi connectivity index (χ1n) is 19.6. The zero-order valence-corrected chi connectivity index (χ0v) is 41.1. The van der Waals surface area contributed by atoms with E-state index >= 15 is 4.39 Å². The summed E-state index contributed by atoms with van der Waals surface area (Å²) < 4.78 is 47.3. The van der Waals surface area contributed by atoms with Crippen molar-refractivity contribution in [3.8, 4) is 0 Å². The van der Waals surface area contributed by atoms with Gasteiger partial charge in [0, 0.05) is 63.2 Å². The molecule has 0 spiro atoms. The Morgan fingerprint density at radius 1 is 0.716 bits per heavy atom. The lowest BCUT2D eigenvalue weighted by Crippen LogP contribution is -2.41. The maximum Gasteiger partial charge on any atom is 0.340 e. The molecule has 0 radical (unpaired) electrons. The summed E-state index contributed by atoms with van der Waals surface area (Å²) in [7, 11) is 9.79. The van der Waals surface area contributed by atoms with E-state index in [9.17, 15) is 28.4 Å². The molecule has 2 fully saturated rings. The van der Waals surface area contributed by atoms with Gasteiger partial charge in [0.1, 0.15) is 15.5 Å². The van der Waals surface area contributed by atoms with Gasteiger partial charge in [-0.1, -0.05) is 46.9 Å². The molecule has 3 heterocycles. The lowest BCUT2D eigenvalue weighted by atomic mass is 10.1. The Morgan fingerprint density at radius 3 is 1.57 bits per heavy atom. The number of carbonyl (C=O) groups excluding carboxylic acids is 4. The molecule has 2 N–H and O–H groups in total. The molecule has 2 saturated carbocycles. The van der Waals surface area contributed by atoms with Gasteiger partial charge in [-0.25, -0.2) is 42.3 Å². The third-order valence-corrected chi connectivity index (χ3v) is 10.4. The number of halogens is 8. The molecule has 5 aromatic rings. The van der Waals surface area contributed by atoms with Crippen LogP contribution in [0.25, 0.3) is 0 Å². The van der Waals surface area contributed by atoms with E-state index in [1.165, 1.54) is 111 Å². The SMILES string of the molecule is COC(=O)c1cccc(N(C(=O)c2ccnc(Cl)c2)C(C)C2CC2)c1F.COC(=O)c1cccc(NC(C)C2CC2)c1F.O=C(Cl)c1ccnc(Cl)c1.O=C(O)c1ccnc(Cl)c1.O=S(Cl)Cl. The molecule has 2 aromatic carbocycles. The average Bonchev–Trinajstić information content (AvgIpc) is 4.23. The van der Waals surface area contributed by atoms with Crippen LogP contribution < -0.4 is 10.2 Å². The van der Waals surface area contributed by atoms with Crippen molar-refractivity contribution >= 4 is 117 Å². The average molecular weight is 1070 g/mol. The van der Waals surface area contributed by atoms with Crippen molar-refractivity contribution in [1.29, 1.82) is 0 Å². The highest BCUT2D eigenvalue weighted by Gasteiger charge is 2.37. The van der Waals surface area contributed by atoms with Gasteiger partial charge in [0.05, 0.1) is 42.3 Å². The number of esters is 2. The van der Waals surface area contributed by atoms with E-state index in [0.29, 0.717) is 22.7 Å². The number of rotatable bonds is 11. The maximum atomic E-state index is 15.0. The van der Waals surface area contributed by atoms with Crippen molar-refractivity contribution in [1.82, 2.24) is 15.0 Å². The number of nitrogens with one attached hydrogen (secondary N) is 1. The largest absolute Gasteiger partial charge is 0.478 e. The van der Waals surface area contributed by atoms with E-state index in [1.54, 1.807) is 12.1 Å². The minimum absolute atomic E-state index is 0.0273. The first-order chi connectivity index (χ1) is 31.7. The third kappa shape index (κ3) is 18.5. The first kappa shape index (κ1) is 56.3. The number of aromatic carboxylic acids is 1. The molecule has 3 aromatic heterocycles. The Bertz CT molecular complexity index is 2500. The molecule has 7 rings (SSSR count). The van der Waals surface area contributed by atoms with Gasteiger partial charge in [-0.2, -0.15) is 0 Å². The van der Waals surface area contributed by atoms with E-state index < -0.39 is 49.9 Å². The van der Waals surface area contributed by atoms with Crippen LogP contribution in [0.2, 0.25) is 15.5 Å². The van der Waals surface area contributed by atoms with Crippen LogP contribution in [-0.2, 0) is 18.7 Å². The predicted molar refractivity (Wildman–Crippen MR) is 255 cm³/mol. The Balaban J connectivity index is 0.000000249. The van der Waals surface area contributed by atoms with Crippen molar-refractivity contribution in [2.24, 2.45) is 11.8 Å². The topological polar surface area (TPSA) is 195 Å². The molecule has 0 aliphatic heterocycles. The molecule has 2 aliphatic carbocycles. The van der Waals surface area contributed by atoms with Gasteiger partial charge in [0.2, 0.25) is 9.23 Å². The number of benzene rings is 2. The molecular weight excluding hydrogens is 1030 g/mol. The summed E-state index contributed by atoms with van der Waals surface area (Å²) in [6.45, 7) is 3.91. The number of hydrogen-bond acceptors (Lipinski definition) is 12. The van der Waals surface area contributed by atoms with E-state index in [1.807, 2.05) is 13.8 Å². The number of aromatic nitrogens is 3. The zero-order valence-electron chi connectivity index (χ0n) is 35.7. The highest BCUT2D eigenvalue weighted by atomic mass is 36.0. The van der Waals surface area contributed by atoms with E-state index in [4.69, 9.17) is 55.7 Å². The van der Waals surface area contributed by atoms with Crippen LogP contribution in [0, 0.1) is 23.5 Å². The normalized spacial score (nSPS) is 13.1. The fourth-order valence-electron chi connectivity index (χ4n) is 5.88. The number of amides is 1. The molecule has 1 amide bonds. The zero-order chi connectivity index (χ0) is 50.0. The van der Waals surface area contributed by atoms with E-state index in [2.05, 4.69) is 51.1 Å². The lowest BCUT2D eigenvalue weighted by Gasteiger charge is -2.30. The number of carboxylic acid groups (broad SMARTS) is 1. The highest BCUT2D eigenvalue weighted by molar-refractivity contribution is 8.26. The Kier molecular flexibility index (Phi) is 23.3. The molecular formula is C44H41Cl6F2N5O9S. The standard InChI is InChI=1S/C19H18ClFN2O3.C13H16FNO2.C6H3Cl2NO.C6H4ClNO2.Cl2OS/c1-11(12-6-7-12)23(18(24)13-8-9-22-16(20)10-13)15-5-3-4-14(17(15)21)19(25)26-2;1-8(9-6-7-9)15-11-5-3-4-10(12(11)14)13(16)17-2;7-5-3-4(6(8)10)1-2-9-5;7-5-3-4(6(9)10)1-2-8-5;1-4(2)3/h3-5,8-12H,6-7H2,1-2H3;3-5,8-9,15H,6-7H2,1-2H3;1-3H;1-3H,(H,9,10);. The molecule has 2 unspecified atom stereocenters. The van der Waals surface area contributed by atoms with Gasteiger partial charge in [0.25, 0.3) is 11.1 Å². The summed E-state index contributed by atoms with van der Waals surface area (Å²) in [6, 6.07) is 17.6. The van der Waals surface area contributed by atoms with Crippen LogP contribution >= 0.6 is 67.8 Å². The number of hydrogen-bond donors (Lipinski definition) is 2. The van der Waals surface area contributed by atoms with Crippen molar-refractivity contribution in [3.05, 3.63) is 146 Å². The molecule has 358 valence electrons. The van der Waals surface area contributed by atoms with Gasteiger partial charge < -0.3 is 24.8 Å². The Hall–Kier alpha value is -5.01. The van der Waals surface area contributed by atoms with Gasteiger partial charge in [-0.15, -0.1) is 0 Å². The van der Waals surface area contributed by atoms with Gasteiger partial charge in [-0.05, 0) is 124 Å². The van der Waals surface area contributed by atoms with E-state index in [-0.39, 0.29) is 55.8 Å². The Labute approximate surface area is 415 Å². The first-order valence-corrected chi connectivity index (χ1v) is 23.9. The summed E-state index contributed by atoms with van der Waals surface area (Å²) in [6.07, 6.45) is 8.53. The quantitative estimate of drug-likeness (QED) is 0.0721. The summed E-state index contributed by atoms with van der Waals surface area (Å²) in [5.74, 6) is -3.23. The van der Waals surface area contributed by atoms with Crippen LogP contribution in [-0.4, -0.2) is 79.6 Å². The number of ether oxygens (including phenoxy) is 2. The predicted octanol–water partition coefficient (Wildman–Crippen LogP) is 11.5. The molecule has 67 heavy (non-hydrogen) atoms. The number of methoxy groups -OCH3 is 2. The van der Waals surface area contributed by atoms with Gasteiger partial charge in [-0.3, -0.25) is 9.59 Å². The second kappa shape index (κ2) is 27.7. The fourth-order valence-corrected chi connectivity index (χ4v) is 6.52. The summed E-state index contributed by atoms with van der Waals surface area (Å²) in [5, 5.41) is 11.7. The smallest absolute Gasteiger partial charge is 0.340 e. The Morgan fingerprint density at radius 2 is 1.15 bits per heavy atom. The molecule has 0 saturated heterocycles. The number of nitrogens with zero attached hydrogens (tertiary/aromatic N) is 4. The second-order valence-electron chi connectivity index (χ2n) is 14.2. The van der Waals surface area contributed by atoms with Crippen LogP contribution in [0.4, 0.5) is 20.2 Å². The van der Waals surface area contributed by atoms with Crippen molar-refractivity contribution < 1.29 is 51.5 Å². The second-order valence-corrected chi connectivity index (χ2v) is 18.2. The van der Waals surface area contributed by atoms with Crippen molar-refractivity contribution in [3.63, 3.8) is 0 Å². The number of carboxylic acids is 1. The number of carbonyl (C=O) groups is 5. The van der Waals surface area contributed by atoms with Crippen LogP contribution in [0.3, 0.4) is 0 Å². The fraction of sp³-hybridized carbons (Fsp3) is 0.273. The molecule has 2 atom stereocenters. The maximum absolute atomic E-state index is 15.0. The van der Waals surface area contributed by atoms with Crippen LogP contribution in [0.5, 0.6) is 0 Å². The summed E-state index contributed by atoms with van der Waals surface area (Å²) in [4.78, 5) is 69.6.